The van der Waals surface area contributed by atoms with Crippen LogP contribution in [0.1, 0.15) is 36.5 Å². The number of benzene rings is 1. The molecule has 1 rings (SSSR count). The molecule has 17 heavy (non-hydrogen) atoms. The van der Waals surface area contributed by atoms with Crippen LogP contribution in [0.25, 0.3) is 0 Å². The Labute approximate surface area is 107 Å². The van der Waals surface area contributed by atoms with E-state index in [1.807, 2.05) is 24.3 Å². The van der Waals surface area contributed by atoms with Crippen LogP contribution in [0.5, 0.6) is 0 Å². The largest absolute Gasteiger partial charge is 0.330 e. The van der Waals surface area contributed by atoms with Gasteiger partial charge in [-0.3, -0.25) is 9.52 Å². The molecule has 0 saturated heterocycles. The molecule has 0 amide bonds. The summed E-state index contributed by atoms with van der Waals surface area (Å²) in [5, 5.41) is 0. The van der Waals surface area contributed by atoms with E-state index in [0.29, 0.717) is 0 Å². The summed E-state index contributed by atoms with van der Waals surface area (Å²) in [5.41, 5.74) is 6.18. The van der Waals surface area contributed by atoms with Gasteiger partial charge < -0.3 is 5.73 Å². The predicted molar refractivity (Wildman–Crippen MR) is 73.2 cm³/mol. The van der Waals surface area contributed by atoms with Crippen LogP contribution in [0.15, 0.2) is 29.2 Å². The van der Waals surface area contributed by atoms with Gasteiger partial charge >= 0.3 is 0 Å². The van der Waals surface area contributed by atoms with E-state index in [2.05, 4.69) is 4.72 Å². The quantitative estimate of drug-likeness (QED) is 0.424. The molecule has 3 nitrogen and oxygen atoms in total. The minimum Gasteiger partial charge on any atom is -0.330 e. The number of carbonyl (C=O) groups is 1. The molecule has 0 aliphatic carbocycles. The Morgan fingerprint density at radius 1 is 1.24 bits per heavy atom. The average Bonchev–Trinajstić information content (AvgIpc) is 2.34. The zero-order chi connectivity index (χ0) is 12.5. The molecule has 0 spiro atoms. The molecule has 0 saturated carbocycles. The minimum absolute atomic E-state index is 0.108. The normalized spacial score (nSPS) is 10.5. The summed E-state index contributed by atoms with van der Waals surface area (Å²) in [6.07, 6.45) is 3.42. The zero-order valence-corrected chi connectivity index (χ0v) is 11.1. The maximum absolute atomic E-state index is 11.1. The summed E-state index contributed by atoms with van der Waals surface area (Å²) in [4.78, 5) is 12.2. The Bertz CT molecular complexity index is 338. The second-order valence-electron chi connectivity index (χ2n) is 3.93. The molecule has 94 valence electrons. The van der Waals surface area contributed by atoms with Gasteiger partial charge in [0.1, 0.15) is 0 Å². The van der Waals surface area contributed by atoms with Gasteiger partial charge in [0.2, 0.25) is 0 Å². The van der Waals surface area contributed by atoms with Crippen LogP contribution in [0.2, 0.25) is 0 Å². The molecular weight excluding hydrogens is 232 g/mol. The number of carbonyl (C=O) groups excluding carboxylic acids is 1. The van der Waals surface area contributed by atoms with E-state index in [1.54, 1.807) is 18.9 Å². The second-order valence-corrected chi connectivity index (χ2v) is 4.89. The molecule has 0 atom stereocenters. The fourth-order valence-electron chi connectivity index (χ4n) is 1.41. The first-order valence-corrected chi connectivity index (χ1v) is 6.76. The molecule has 0 fully saturated rings. The van der Waals surface area contributed by atoms with Crippen molar-refractivity contribution in [1.29, 1.82) is 0 Å². The first-order valence-electron chi connectivity index (χ1n) is 5.95. The zero-order valence-electron chi connectivity index (χ0n) is 10.2. The number of ketones is 1. The van der Waals surface area contributed by atoms with Crippen molar-refractivity contribution in [2.75, 3.05) is 13.1 Å². The highest BCUT2D eigenvalue weighted by Crippen LogP contribution is 2.15. The highest BCUT2D eigenvalue weighted by atomic mass is 32.2. The van der Waals surface area contributed by atoms with Crippen LogP contribution in [0, 0.1) is 0 Å². The van der Waals surface area contributed by atoms with Crippen LogP contribution in [0.3, 0.4) is 0 Å². The van der Waals surface area contributed by atoms with E-state index < -0.39 is 0 Å². The Morgan fingerprint density at radius 3 is 2.53 bits per heavy atom. The summed E-state index contributed by atoms with van der Waals surface area (Å²) < 4.78 is 3.30. The fourth-order valence-corrected chi connectivity index (χ4v) is 2.10. The Balaban J connectivity index is 2.21. The van der Waals surface area contributed by atoms with Crippen LogP contribution < -0.4 is 10.5 Å². The van der Waals surface area contributed by atoms with Crippen molar-refractivity contribution < 1.29 is 4.79 Å². The number of rotatable bonds is 8. The monoisotopic (exact) mass is 252 g/mol. The molecule has 0 heterocycles. The van der Waals surface area contributed by atoms with Crippen molar-refractivity contribution in [2.45, 2.75) is 31.1 Å². The maximum Gasteiger partial charge on any atom is 0.159 e. The van der Waals surface area contributed by atoms with E-state index in [9.17, 15) is 4.79 Å². The van der Waals surface area contributed by atoms with Gasteiger partial charge in [-0.05, 0) is 50.4 Å². The summed E-state index contributed by atoms with van der Waals surface area (Å²) in [6.45, 7) is 3.34. The van der Waals surface area contributed by atoms with Gasteiger partial charge in [-0.25, -0.2) is 0 Å². The third-order valence-corrected chi connectivity index (χ3v) is 3.29. The molecule has 1 aromatic rings. The van der Waals surface area contributed by atoms with Crippen molar-refractivity contribution in [1.82, 2.24) is 4.72 Å². The SMILES string of the molecule is CC(=O)c1ccc(SNCCCCCN)cc1. The smallest absolute Gasteiger partial charge is 0.159 e. The molecule has 3 N–H and O–H groups in total. The van der Waals surface area contributed by atoms with Gasteiger partial charge in [-0.1, -0.05) is 18.6 Å². The lowest BCUT2D eigenvalue weighted by molar-refractivity contribution is 0.101. The lowest BCUT2D eigenvalue weighted by Crippen LogP contribution is -2.06. The summed E-state index contributed by atoms with van der Waals surface area (Å²) >= 11 is 1.61. The topological polar surface area (TPSA) is 55.1 Å². The molecule has 0 bridgehead atoms. The lowest BCUT2D eigenvalue weighted by atomic mass is 10.2. The van der Waals surface area contributed by atoms with E-state index >= 15 is 0 Å². The molecule has 0 aliphatic rings. The molecule has 4 heteroatoms. The lowest BCUT2D eigenvalue weighted by Gasteiger charge is -2.04. The van der Waals surface area contributed by atoms with Crippen molar-refractivity contribution in [3.8, 4) is 0 Å². The van der Waals surface area contributed by atoms with Crippen molar-refractivity contribution in [2.24, 2.45) is 5.73 Å². The van der Waals surface area contributed by atoms with Gasteiger partial charge in [0.05, 0.1) is 0 Å². The summed E-state index contributed by atoms with van der Waals surface area (Å²) in [7, 11) is 0. The van der Waals surface area contributed by atoms with Crippen molar-refractivity contribution in [3.05, 3.63) is 29.8 Å². The van der Waals surface area contributed by atoms with E-state index in [0.717, 1.165) is 36.4 Å². The number of nitrogens with one attached hydrogen (secondary N) is 1. The minimum atomic E-state index is 0.108. The number of nitrogens with two attached hydrogens (primary N) is 1. The number of hydrogen-bond acceptors (Lipinski definition) is 4. The van der Waals surface area contributed by atoms with Gasteiger partial charge in [0, 0.05) is 17.0 Å². The van der Waals surface area contributed by atoms with Gasteiger partial charge in [-0.15, -0.1) is 0 Å². The summed E-state index contributed by atoms with van der Waals surface area (Å²) in [5.74, 6) is 0.108. The van der Waals surface area contributed by atoms with E-state index in [4.69, 9.17) is 5.73 Å². The van der Waals surface area contributed by atoms with Crippen LogP contribution in [-0.2, 0) is 0 Å². The molecule has 1 aromatic carbocycles. The van der Waals surface area contributed by atoms with Gasteiger partial charge in [0.15, 0.2) is 5.78 Å². The standard InChI is InChI=1S/C13H20N2OS/c1-11(16)12-5-7-13(8-6-12)17-15-10-4-2-3-9-14/h5-8,15H,2-4,9-10,14H2,1H3. The van der Waals surface area contributed by atoms with Gasteiger partial charge in [0.25, 0.3) is 0 Å². The second kappa shape index (κ2) is 8.28. The molecule has 0 aromatic heterocycles. The Morgan fingerprint density at radius 2 is 1.94 bits per heavy atom. The van der Waals surface area contributed by atoms with E-state index in [-0.39, 0.29) is 5.78 Å². The van der Waals surface area contributed by atoms with Crippen LogP contribution >= 0.6 is 11.9 Å². The van der Waals surface area contributed by atoms with Gasteiger partial charge in [-0.2, -0.15) is 0 Å². The van der Waals surface area contributed by atoms with Crippen LogP contribution in [-0.4, -0.2) is 18.9 Å². The molecule has 0 aliphatic heterocycles. The highest BCUT2D eigenvalue weighted by Gasteiger charge is 1.99. The molecular formula is C13H20N2OS. The summed E-state index contributed by atoms with van der Waals surface area (Å²) in [6, 6.07) is 7.66. The van der Waals surface area contributed by atoms with E-state index in [1.165, 1.54) is 6.42 Å². The number of unbranched alkanes of at least 4 members (excludes halogenated alkanes) is 2. The van der Waals surface area contributed by atoms with Crippen molar-refractivity contribution >= 4 is 17.7 Å². The molecule has 0 radical (unpaired) electrons. The van der Waals surface area contributed by atoms with Crippen LogP contribution in [0.4, 0.5) is 0 Å². The Kier molecular flexibility index (Phi) is 6.93. The highest BCUT2D eigenvalue weighted by molar-refractivity contribution is 7.97. The first kappa shape index (κ1) is 14.2. The Hall–Kier alpha value is -0.840. The van der Waals surface area contributed by atoms with Crippen molar-refractivity contribution in [3.63, 3.8) is 0 Å². The predicted octanol–water partition coefficient (Wildman–Crippen LogP) is 2.61. The average molecular weight is 252 g/mol. The third kappa shape index (κ3) is 5.86. The third-order valence-electron chi connectivity index (χ3n) is 2.43. The molecule has 0 unspecified atom stereocenters. The first-order chi connectivity index (χ1) is 8.24. The number of Topliss-reactive ketones (excluding diaryl/α,β-unsaturated/α-hetero) is 1. The maximum atomic E-state index is 11.1. The number of hydrogen-bond donors (Lipinski definition) is 2. The fraction of sp³-hybridized carbons (Fsp3) is 0.462.